The monoisotopic (exact) mass is 398 g/mol. The van der Waals surface area contributed by atoms with E-state index in [1.165, 1.54) is 51.4 Å². The topological polar surface area (TPSA) is 77.8 Å². The van der Waals surface area contributed by atoms with E-state index in [4.69, 9.17) is 10.2 Å². The van der Waals surface area contributed by atoms with Crippen LogP contribution in [0.25, 0.3) is 0 Å². The molecule has 3 N–H and O–H groups in total. The summed E-state index contributed by atoms with van der Waals surface area (Å²) in [7, 11) is 5.81. The van der Waals surface area contributed by atoms with Crippen molar-refractivity contribution in [3.63, 3.8) is 0 Å². The van der Waals surface area contributed by atoms with Crippen LogP contribution in [-0.4, -0.2) is 65.7 Å². The lowest BCUT2D eigenvalue weighted by Gasteiger charge is -2.32. The first kappa shape index (κ1) is 26.8. The Morgan fingerprint density at radius 1 is 0.857 bits per heavy atom. The first-order valence-corrected chi connectivity index (χ1v) is 10.9. The largest absolute Gasteiger partial charge is 0.481 e. The fraction of sp³-hybridized carbons (Fsp3) is 0.783. The van der Waals surface area contributed by atoms with Crippen molar-refractivity contribution in [2.24, 2.45) is 0 Å². The lowest BCUT2D eigenvalue weighted by atomic mass is 9.97. The highest BCUT2D eigenvalue weighted by Crippen LogP contribution is 2.17. The van der Waals surface area contributed by atoms with Crippen molar-refractivity contribution in [1.29, 1.82) is 0 Å². The minimum absolute atomic E-state index is 0.283. The molecule has 164 valence electrons. The summed E-state index contributed by atoms with van der Waals surface area (Å²) in [5, 5.41) is 28.4. The zero-order valence-electron chi connectivity index (χ0n) is 18.4. The van der Waals surface area contributed by atoms with Crippen LogP contribution in [0.4, 0.5) is 0 Å². The van der Waals surface area contributed by atoms with Gasteiger partial charge >= 0.3 is 5.97 Å². The molecule has 0 aromatic carbocycles. The summed E-state index contributed by atoms with van der Waals surface area (Å²) in [6.07, 6.45) is 20.4. The van der Waals surface area contributed by atoms with Gasteiger partial charge < -0.3 is 19.8 Å². The molecule has 0 aliphatic heterocycles. The van der Waals surface area contributed by atoms with Gasteiger partial charge in [-0.3, -0.25) is 4.79 Å². The smallest absolute Gasteiger partial charge is 0.306 e. The van der Waals surface area contributed by atoms with E-state index in [0.29, 0.717) is 17.6 Å². The summed E-state index contributed by atoms with van der Waals surface area (Å²) >= 11 is 0. The second-order valence-electron chi connectivity index (χ2n) is 8.96. The summed E-state index contributed by atoms with van der Waals surface area (Å²) in [5.74, 6) is -0.991. The molecule has 0 aromatic rings. The predicted molar refractivity (Wildman–Crippen MR) is 116 cm³/mol. The third-order valence-electron chi connectivity index (χ3n) is 4.64. The number of carbonyl (C=O) groups is 1. The molecule has 5 heteroatoms. The highest BCUT2D eigenvalue weighted by molar-refractivity contribution is 5.68. The summed E-state index contributed by atoms with van der Waals surface area (Å²) in [5.41, 5.74) is -1.33. The first-order valence-electron chi connectivity index (χ1n) is 10.9. The van der Waals surface area contributed by atoms with Crippen LogP contribution < -0.4 is 0 Å². The second-order valence-corrected chi connectivity index (χ2v) is 8.96. The van der Waals surface area contributed by atoms with Crippen LogP contribution in [0.2, 0.25) is 0 Å². The Kier molecular flexibility index (Phi) is 15.1. The number of rotatable bonds is 18. The Hall–Kier alpha value is -1.17. The van der Waals surface area contributed by atoms with Crippen molar-refractivity contribution >= 4 is 5.97 Å². The quantitative estimate of drug-likeness (QED) is 0.183. The summed E-state index contributed by atoms with van der Waals surface area (Å²) < 4.78 is 0.500. The maximum atomic E-state index is 11.0. The van der Waals surface area contributed by atoms with Gasteiger partial charge in [0.05, 0.1) is 27.6 Å². The minimum atomic E-state index is -1.33. The number of aliphatic carboxylic acids is 1. The fourth-order valence-corrected chi connectivity index (χ4v) is 3.45. The molecule has 0 saturated carbocycles. The molecule has 0 aliphatic carbocycles. The van der Waals surface area contributed by atoms with Crippen molar-refractivity contribution in [1.82, 2.24) is 0 Å². The number of unbranched alkanes of at least 4 members (excludes halogenated alkanes) is 10. The molecule has 0 heterocycles. The average molecular weight is 399 g/mol. The lowest BCUT2D eigenvalue weighted by Crippen LogP contribution is -2.49. The van der Waals surface area contributed by atoms with Gasteiger partial charge in [-0.2, -0.15) is 0 Å². The highest BCUT2D eigenvalue weighted by atomic mass is 16.4. The van der Waals surface area contributed by atoms with Crippen molar-refractivity contribution in [3.8, 4) is 0 Å². The minimum Gasteiger partial charge on any atom is -0.481 e. The van der Waals surface area contributed by atoms with E-state index >= 15 is 0 Å². The Labute approximate surface area is 172 Å². The molecule has 0 spiro atoms. The number of quaternary nitrogens is 1. The molecule has 0 bridgehead atoms. The molecule has 28 heavy (non-hydrogen) atoms. The Bertz CT molecular complexity index is 454. The molecule has 1 atom stereocenters. The maximum Gasteiger partial charge on any atom is 0.306 e. The second kappa shape index (κ2) is 15.7. The molecular formula is C23H44NO4+. The van der Waals surface area contributed by atoms with Gasteiger partial charge in [0.15, 0.2) is 0 Å². The van der Waals surface area contributed by atoms with E-state index in [0.717, 1.165) is 19.3 Å². The van der Waals surface area contributed by atoms with E-state index in [1.54, 1.807) is 12.2 Å². The van der Waals surface area contributed by atoms with Crippen LogP contribution in [0.15, 0.2) is 24.3 Å². The third kappa shape index (κ3) is 18.2. The predicted octanol–water partition coefficient (Wildman–Crippen LogP) is 4.29. The molecule has 0 saturated heterocycles. The van der Waals surface area contributed by atoms with Crippen molar-refractivity contribution in [2.75, 3.05) is 34.3 Å². The van der Waals surface area contributed by atoms with Gasteiger partial charge in [0.25, 0.3) is 0 Å². The molecule has 0 aromatic heterocycles. The van der Waals surface area contributed by atoms with Gasteiger partial charge in [0.1, 0.15) is 12.1 Å². The fourth-order valence-electron chi connectivity index (χ4n) is 3.45. The molecule has 1 unspecified atom stereocenters. The number of hydrogen-bond acceptors (Lipinski definition) is 3. The number of hydrogen-bond donors (Lipinski definition) is 3. The van der Waals surface area contributed by atoms with Crippen LogP contribution in [0.3, 0.4) is 0 Å². The Balaban J connectivity index is 3.87. The van der Waals surface area contributed by atoms with E-state index in [2.05, 4.69) is 6.08 Å². The maximum absolute atomic E-state index is 11.0. The number of allylic oxidation sites excluding steroid dienone is 3. The lowest BCUT2D eigenvalue weighted by molar-refractivity contribution is -0.876. The molecule has 5 nitrogen and oxygen atoms in total. The molecular weight excluding hydrogens is 354 g/mol. The number of carboxylic acids is 1. The summed E-state index contributed by atoms with van der Waals surface area (Å²) in [4.78, 5) is 11.0. The number of aliphatic hydroxyl groups excluding tert-OH is 1. The Morgan fingerprint density at radius 3 is 1.82 bits per heavy atom. The van der Waals surface area contributed by atoms with Crippen LogP contribution >= 0.6 is 0 Å². The van der Waals surface area contributed by atoms with E-state index in [1.807, 2.05) is 27.2 Å². The normalized spacial score (nSPS) is 14.8. The van der Waals surface area contributed by atoms with E-state index < -0.39 is 11.6 Å². The van der Waals surface area contributed by atoms with Gasteiger partial charge in [-0.1, -0.05) is 69.6 Å². The van der Waals surface area contributed by atoms with Gasteiger partial charge in [-0.05, 0) is 25.3 Å². The van der Waals surface area contributed by atoms with Crippen molar-refractivity contribution in [3.05, 3.63) is 24.3 Å². The van der Waals surface area contributed by atoms with E-state index in [9.17, 15) is 9.90 Å². The molecule has 0 radical (unpaired) electrons. The number of aliphatic hydroxyl groups is 2. The van der Waals surface area contributed by atoms with E-state index in [-0.39, 0.29) is 6.42 Å². The van der Waals surface area contributed by atoms with Gasteiger partial charge in [-0.25, -0.2) is 0 Å². The third-order valence-corrected chi connectivity index (χ3v) is 4.64. The van der Waals surface area contributed by atoms with Crippen LogP contribution in [0.1, 0.15) is 77.0 Å². The zero-order chi connectivity index (χ0) is 21.3. The SMILES string of the molecule is C[N+](C)(C)CC(O)(C=CC=CCCCCCCCCCCCCO)CC(=O)O. The van der Waals surface area contributed by atoms with Gasteiger partial charge in [0, 0.05) is 6.61 Å². The highest BCUT2D eigenvalue weighted by Gasteiger charge is 2.33. The van der Waals surface area contributed by atoms with Crippen LogP contribution in [-0.2, 0) is 4.79 Å². The van der Waals surface area contributed by atoms with Crippen molar-refractivity contribution < 1.29 is 24.6 Å². The van der Waals surface area contributed by atoms with Crippen LogP contribution in [0.5, 0.6) is 0 Å². The standard InChI is InChI=1S/C23H43NO4/c1-24(2,3)21-23(28,20-22(26)27)18-16-14-12-10-8-6-4-5-7-9-11-13-15-17-19-25/h12,14,16,18,25,28H,4-11,13,15,17,19-21H2,1-3H3/p+1. The molecule has 0 aliphatic rings. The molecule has 0 fully saturated rings. The number of likely N-dealkylation sites (N-methyl/N-ethyl adjacent to an activating group) is 1. The summed E-state index contributed by atoms with van der Waals surface area (Å²) in [6, 6.07) is 0. The number of carboxylic acid groups (broad SMARTS) is 1. The number of nitrogens with zero attached hydrogens (tertiary/aromatic N) is 1. The Morgan fingerprint density at radius 2 is 1.36 bits per heavy atom. The zero-order valence-corrected chi connectivity index (χ0v) is 18.4. The summed E-state index contributed by atoms with van der Waals surface area (Å²) in [6.45, 7) is 0.675. The average Bonchev–Trinajstić information content (AvgIpc) is 2.55. The first-order chi connectivity index (χ1) is 13.2. The molecule has 0 rings (SSSR count). The van der Waals surface area contributed by atoms with Gasteiger partial charge in [0.2, 0.25) is 0 Å². The van der Waals surface area contributed by atoms with Gasteiger partial charge in [-0.15, -0.1) is 0 Å². The molecule has 0 amide bonds. The van der Waals surface area contributed by atoms with Crippen molar-refractivity contribution in [2.45, 2.75) is 82.7 Å². The van der Waals surface area contributed by atoms with Crippen LogP contribution in [0, 0.1) is 0 Å².